The maximum absolute atomic E-state index is 11.6. The Kier molecular flexibility index (Phi) is 4.78. The van der Waals surface area contributed by atoms with E-state index in [2.05, 4.69) is 32.2 Å². The van der Waals surface area contributed by atoms with Gasteiger partial charge in [-0.3, -0.25) is 4.79 Å². The smallest absolute Gasteiger partial charge is 0.252 e. The summed E-state index contributed by atoms with van der Waals surface area (Å²) in [5, 5.41) is 3.89. The summed E-state index contributed by atoms with van der Waals surface area (Å²) in [5.74, 6) is 2.26. The third-order valence-corrected chi connectivity index (χ3v) is 5.93. The zero-order valence-electron chi connectivity index (χ0n) is 16.9. The molecule has 1 saturated heterocycles. The standard InChI is InChI=1S/C22H24N4O4/c1-15-10-18(30-25-15)13-28-17-2-3-19-16(11-17)4-9-29-22(19)5-7-26(8-6-22)20-12-21(27)24-14-23-20/h2-3,10-12,14H,4-9,13H2,1H3,(H,23,24,27). The van der Waals surface area contributed by atoms with Crippen molar-refractivity contribution in [1.82, 2.24) is 15.1 Å². The first-order valence-electron chi connectivity index (χ1n) is 10.2. The van der Waals surface area contributed by atoms with Crippen LogP contribution in [0.25, 0.3) is 0 Å². The van der Waals surface area contributed by atoms with Crippen LogP contribution in [0.5, 0.6) is 5.75 Å². The van der Waals surface area contributed by atoms with Gasteiger partial charge in [-0.2, -0.15) is 0 Å². The van der Waals surface area contributed by atoms with Crippen molar-refractivity contribution in [2.75, 3.05) is 24.6 Å². The number of fused-ring (bicyclic) bond motifs is 2. The van der Waals surface area contributed by atoms with Crippen LogP contribution in [0.4, 0.5) is 5.82 Å². The minimum Gasteiger partial charge on any atom is -0.486 e. The monoisotopic (exact) mass is 408 g/mol. The quantitative estimate of drug-likeness (QED) is 0.709. The zero-order valence-corrected chi connectivity index (χ0v) is 16.9. The molecule has 0 atom stereocenters. The Labute approximate surface area is 173 Å². The van der Waals surface area contributed by atoms with Gasteiger partial charge in [0.1, 0.15) is 18.2 Å². The van der Waals surface area contributed by atoms with Crippen molar-refractivity contribution in [2.45, 2.75) is 38.4 Å². The first-order valence-corrected chi connectivity index (χ1v) is 10.2. The molecule has 8 nitrogen and oxygen atoms in total. The molecule has 0 amide bonds. The maximum atomic E-state index is 11.6. The Morgan fingerprint density at radius 1 is 1.23 bits per heavy atom. The van der Waals surface area contributed by atoms with Gasteiger partial charge in [0, 0.05) is 25.2 Å². The van der Waals surface area contributed by atoms with E-state index in [4.69, 9.17) is 14.0 Å². The number of aromatic nitrogens is 3. The van der Waals surface area contributed by atoms with E-state index in [0.717, 1.165) is 49.6 Å². The fraction of sp³-hybridized carbons (Fsp3) is 0.409. The molecule has 2 aromatic heterocycles. The second-order valence-corrected chi connectivity index (χ2v) is 7.89. The summed E-state index contributed by atoms with van der Waals surface area (Å²) >= 11 is 0. The maximum Gasteiger partial charge on any atom is 0.252 e. The topological polar surface area (TPSA) is 93.5 Å². The molecule has 0 saturated carbocycles. The number of ether oxygens (including phenoxy) is 2. The van der Waals surface area contributed by atoms with Crippen LogP contribution in [0.15, 0.2) is 46.0 Å². The fourth-order valence-electron chi connectivity index (χ4n) is 4.43. The van der Waals surface area contributed by atoms with Gasteiger partial charge in [-0.1, -0.05) is 11.2 Å². The van der Waals surface area contributed by atoms with E-state index in [1.54, 1.807) is 6.07 Å². The summed E-state index contributed by atoms with van der Waals surface area (Å²) < 4.78 is 17.5. The molecule has 4 heterocycles. The molecule has 0 bridgehead atoms. The van der Waals surface area contributed by atoms with Gasteiger partial charge in [0.25, 0.3) is 5.56 Å². The second-order valence-electron chi connectivity index (χ2n) is 7.89. The number of piperidine rings is 1. The van der Waals surface area contributed by atoms with Gasteiger partial charge in [-0.25, -0.2) is 4.98 Å². The number of hydrogen-bond donors (Lipinski definition) is 1. The molecule has 1 fully saturated rings. The van der Waals surface area contributed by atoms with Crippen molar-refractivity contribution in [3.63, 3.8) is 0 Å². The van der Waals surface area contributed by atoms with Crippen LogP contribution in [0.1, 0.15) is 35.4 Å². The molecule has 0 aliphatic carbocycles. The fourth-order valence-corrected chi connectivity index (χ4v) is 4.43. The molecular weight excluding hydrogens is 384 g/mol. The van der Waals surface area contributed by atoms with Crippen molar-refractivity contribution in [3.05, 3.63) is 69.6 Å². The summed E-state index contributed by atoms with van der Waals surface area (Å²) in [6.07, 6.45) is 4.03. The number of benzene rings is 1. The SMILES string of the molecule is Cc1cc(COc2ccc3c(c2)CCOC32CCN(c3cc(=O)[nH]cn3)CC2)on1. The molecule has 2 aliphatic heterocycles. The average Bonchev–Trinajstić information content (AvgIpc) is 3.18. The number of nitrogens with one attached hydrogen (secondary N) is 1. The van der Waals surface area contributed by atoms with E-state index < -0.39 is 0 Å². The molecule has 1 N–H and O–H groups in total. The highest BCUT2D eigenvalue weighted by Gasteiger charge is 2.41. The first kappa shape index (κ1) is 18.9. The molecule has 1 spiro atoms. The van der Waals surface area contributed by atoms with Gasteiger partial charge in [0.05, 0.1) is 24.2 Å². The third-order valence-electron chi connectivity index (χ3n) is 5.93. The van der Waals surface area contributed by atoms with Crippen LogP contribution < -0.4 is 15.2 Å². The van der Waals surface area contributed by atoms with E-state index >= 15 is 0 Å². The van der Waals surface area contributed by atoms with Gasteiger partial charge < -0.3 is 23.9 Å². The lowest BCUT2D eigenvalue weighted by molar-refractivity contribution is -0.0767. The van der Waals surface area contributed by atoms with Crippen molar-refractivity contribution >= 4 is 5.82 Å². The lowest BCUT2D eigenvalue weighted by Gasteiger charge is -2.45. The van der Waals surface area contributed by atoms with Gasteiger partial charge in [0.15, 0.2) is 5.76 Å². The van der Waals surface area contributed by atoms with Crippen LogP contribution in [0, 0.1) is 6.92 Å². The predicted molar refractivity (Wildman–Crippen MR) is 110 cm³/mol. The van der Waals surface area contributed by atoms with Crippen molar-refractivity contribution in [1.29, 1.82) is 0 Å². The molecule has 1 aromatic carbocycles. The van der Waals surface area contributed by atoms with Crippen LogP contribution >= 0.6 is 0 Å². The molecule has 2 aliphatic rings. The van der Waals surface area contributed by atoms with Gasteiger partial charge in [-0.05, 0) is 49.4 Å². The molecule has 30 heavy (non-hydrogen) atoms. The van der Waals surface area contributed by atoms with Crippen LogP contribution in [0.3, 0.4) is 0 Å². The Balaban J connectivity index is 1.31. The van der Waals surface area contributed by atoms with E-state index in [1.807, 2.05) is 19.1 Å². The molecule has 0 unspecified atom stereocenters. The minimum atomic E-state index is -0.286. The normalized spacial score (nSPS) is 17.7. The molecule has 156 valence electrons. The summed E-state index contributed by atoms with van der Waals surface area (Å²) in [6.45, 7) is 4.53. The van der Waals surface area contributed by atoms with E-state index in [1.165, 1.54) is 17.5 Å². The average molecular weight is 408 g/mol. The summed E-state index contributed by atoms with van der Waals surface area (Å²) in [7, 11) is 0. The second kappa shape index (κ2) is 7.60. The van der Waals surface area contributed by atoms with Crippen molar-refractivity contribution in [3.8, 4) is 5.75 Å². The lowest BCUT2D eigenvalue weighted by Crippen LogP contribution is -2.47. The van der Waals surface area contributed by atoms with Gasteiger partial charge in [0.2, 0.25) is 0 Å². The molecule has 3 aromatic rings. The number of aryl methyl sites for hydroxylation is 1. The summed E-state index contributed by atoms with van der Waals surface area (Å²) in [6, 6.07) is 9.69. The number of nitrogens with zero attached hydrogens (tertiary/aromatic N) is 3. The summed E-state index contributed by atoms with van der Waals surface area (Å²) in [4.78, 5) is 20.6. The number of hydrogen-bond acceptors (Lipinski definition) is 7. The number of anilines is 1. The highest BCUT2D eigenvalue weighted by atomic mass is 16.5. The van der Waals surface area contributed by atoms with Crippen molar-refractivity contribution in [2.24, 2.45) is 0 Å². The number of H-pyrrole nitrogens is 1. The molecule has 5 rings (SSSR count). The predicted octanol–water partition coefficient (Wildman–Crippen LogP) is 2.71. The van der Waals surface area contributed by atoms with Gasteiger partial charge >= 0.3 is 0 Å². The number of aromatic amines is 1. The molecule has 8 heteroatoms. The minimum absolute atomic E-state index is 0.132. The lowest BCUT2D eigenvalue weighted by atomic mass is 9.79. The Morgan fingerprint density at radius 3 is 2.87 bits per heavy atom. The van der Waals surface area contributed by atoms with E-state index in [9.17, 15) is 4.79 Å². The van der Waals surface area contributed by atoms with Gasteiger partial charge in [-0.15, -0.1) is 0 Å². The van der Waals surface area contributed by atoms with E-state index in [-0.39, 0.29) is 11.2 Å². The Hall–Kier alpha value is -3.13. The third kappa shape index (κ3) is 3.59. The zero-order chi connectivity index (χ0) is 20.6. The highest BCUT2D eigenvalue weighted by molar-refractivity contribution is 5.43. The largest absolute Gasteiger partial charge is 0.486 e. The van der Waals surface area contributed by atoms with E-state index in [0.29, 0.717) is 19.0 Å². The summed E-state index contributed by atoms with van der Waals surface area (Å²) in [5.41, 5.74) is 2.95. The number of rotatable bonds is 4. The molecule has 0 radical (unpaired) electrons. The highest BCUT2D eigenvalue weighted by Crippen LogP contribution is 2.43. The van der Waals surface area contributed by atoms with Crippen molar-refractivity contribution < 1.29 is 14.0 Å². The van der Waals surface area contributed by atoms with Crippen LogP contribution in [-0.4, -0.2) is 34.8 Å². The van der Waals surface area contributed by atoms with Crippen LogP contribution in [-0.2, 0) is 23.4 Å². The molecular formula is C22H24N4O4. The Bertz CT molecular complexity index is 1100. The first-order chi connectivity index (χ1) is 14.6. The van der Waals surface area contributed by atoms with Crippen LogP contribution in [0.2, 0.25) is 0 Å². The Morgan fingerprint density at radius 2 is 2.10 bits per heavy atom.